The normalized spacial score (nSPS) is 26.6. The van der Waals surface area contributed by atoms with Crippen molar-refractivity contribution in [3.8, 4) is 0 Å². The molecule has 5 nitrogen and oxygen atoms in total. The van der Waals surface area contributed by atoms with Gasteiger partial charge in [0.05, 0.1) is 12.5 Å². The first-order valence-electron chi connectivity index (χ1n) is 6.43. The number of carboxylic acids is 1. The standard InChI is InChI=1S/C12H20N2O3S/c1-8(12(17)13-9-2-3-9)14-4-5-18-7-10(14)6-11(15)16/h8-10H,2-7H2,1H3,(H,13,17)(H,15,16). The van der Waals surface area contributed by atoms with E-state index in [9.17, 15) is 9.59 Å². The molecule has 0 aromatic rings. The fraction of sp³-hybridized carbons (Fsp3) is 0.833. The summed E-state index contributed by atoms with van der Waals surface area (Å²) >= 11 is 1.77. The predicted octanol–water partition coefficient (Wildman–Crippen LogP) is 0.546. The van der Waals surface area contributed by atoms with Gasteiger partial charge in [-0.15, -0.1) is 0 Å². The molecule has 0 bridgehead atoms. The highest BCUT2D eigenvalue weighted by Gasteiger charge is 2.33. The van der Waals surface area contributed by atoms with Gasteiger partial charge in [-0.3, -0.25) is 14.5 Å². The third kappa shape index (κ3) is 3.62. The molecule has 2 atom stereocenters. The number of carbonyl (C=O) groups is 2. The van der Waals surface area contributed by atoms with E-state index < -0.39 is 5.97 Å². The molecule has 2 rings (SSSR count). The lowest BCUT2D eigenvalue weighted by molar-refractivity contribution is -0.139. The summed E-state index contributed by atoms with van der Waals surface area (Å²) in [7, 11) is 0. The van der Waals surface area contributed by atoms with Gasteiger partial charge in [0.15, 0.2) is 0 Å². The molecule has 1 aliphatic carbocycles. The summed E-state index contributed by atoms with van der Waals surface area (Å²) in [6.07, 6.45) is 2.27. The number of carbonyl (C=O) groups excluding carboxylic acids is 1. The molecule has 0 radical (unpaired) electrons. The summed E-state index contributed by atoms with van der Waals surface area (Å²) in [5, 5.41) is 11.9. The Kier molecular flexibility index (Phi) is 4.50. The van der Waals surface area contributed by atoms with E-state index in [0.29, 0.717) is 6.04 Å². The molecule has 2 unspecified atom stereocenters. The van der Waals surface area contributed by atoms with E-state index in [1.807, 2.05) is 11.8 Å². The molecule has 102 valence electrons. The predicted molar refractivity (Wildman–Crippen MR) is 70.7 cm³/mol. The second-order valence-corrected chi connectivity index (χ2v) is 6.17. The Morgan fingerprint density at radius 2 is 2.22 bits per heavy atom. The van der Waals surface area contributed by atoms with Crippen LogP contribution in [0.5, 0.6) is 0 Å². The van der Waals surface area contributed by atoms with Crippen LogP contribution in [0.3, 0.4) is 0 Å². The average Bonchev–Trinajstić information content (AvgIpc) is 3.12. The van der Waals surface area contributed by atoms with Gasteiger partial charge in [0.2, 0.25) is 5.91 Å². The Balaban J connectivity index is 1.93. The number of aliphatic carboxylic acids is 1. The fourth-order valence-corrected chi connectivity index (χ4v) is 3.34. The number of rotatable bonds is 5. The highest BCUT2D eigenvalue weighted by Crippen LogP contribution is 2.23. The molecule has 1 saturated carbocycles. The monoisotopic (exact) mass is 272 g/mol. The quantitative estimate of drug-likeness (QED) is 0.765. The van der Waals surface area contributed by atoms with E-state index in [0.717, 1.165) is 30.9 Å². The molecule has 0 aromatic carbocycles. The molecule has 1 amide bonds. The van der Waals surface area contributed by atoms with Gasteiger partial charge in [0.1, 0.15) is 0 Å². The number of carboxylic acid groups (broad SMARTS) is 1. The first kappa shape index (κ1) is 13.7. The zero-order chi connectivity index (χ0) is 13.1. The Morgan fingerprint density at radius 3 is 2.83 bits per heavy atom. The maximum atomic E-state index is 12.0. The molecule has 0 aromatic heterocycles. The van der Waals surface area contributed by atoms with Crippen molar-refractivity contribution >= 4 is 23.6 Å². The van der Waals surface area contributed by atoms with Gasteiger partial charge in [-0.25, -0.2) is 0 Å². The summed E-state index contributed by atoms with van der Waals surface area (Å²) in [4.78, 5) is 24.9. The first-order valence-corrected chi connectivity index (χ1v) is 7.59. The molecular weight excluding hydrogens is 252 g/mol. The lowest BCUT2D eigenvalue weighted by atomic mass is 10.1. The van der Waals surface area contributed by atoms with E-state index in [-0.39, 0.29) is 24.4 Å². The lowest BCUT2D eigenvalue weighted by Crippen LogP contribution is -2.54. The Hall–Kier alpha value is -0.750. The van der Waals surface area contributed by atoms with Crippen LogP contribution in [0.4, 0.5) is 0 Å². The van der Waals surface area contributed by atoms with Crippen LogP contribution in [0.15, 0.2) is 0 Å². The second kappa shape index (κ2) is 5.93. The van der Waals surface area contributed by atoms with Crippen molar-refractivity contribution in [1.82, 2.24) is 10.2 Å². The summed E-state index contributed by atoms with van der Waals surface area (Å²) in [5.74, 6) is 1.02. The van der Waals surface area contributed by atoms with Crippen molar-refractivity contribution < 1.29 is 14.7 Å². The molecule has 1 heterocycles. The summed E-state index contributed by atoms with van der Waals surface area (Å²) in [6.45, 7) is 2.67. The highest BCUT2D eigenvalue weighted by molar-refractivity contribution is 7.99. The van der Waals surface area contributed by atoms with Crippen LogP contribution in [0.2, 0.25) is 0 Å². The summed E-state index contributed by atoms with van der Waals surface area (Å²) in [5.41, 5.74) is 0. The van der Waals surface area contributed by atoms with E-state index in [1.165, 1.54) is 0 Å². The van der Waals surface area contributed by atoms with E-state index >= 15 is 0 Å². The van der Waals surface area contributed by atoms with E-state index in [2.05, 4.69) is 5.32 Å². The number of nitrogens with one attached hydrogen (secondary N) is 1. The number of nitrogens with zero attached hydrogens (tertiary/aromatic N) is 1. The van der Waals surface area contributed by atoms with Crippen LogP contribution in [-0.4, -0.2) is 58.1 Å². The smallest absolute Gasteiger partial charge is 0.304 e. The van der Waals surface area contributed by atoms with Crippen LogP contribution in [-0.2, 0) is 9.59 Å². The molecule has 0 spiro atoms. The van der Waals surface area contributed by atoms with Crippen molar-refractivity contribution in [3.63, 3.8) is 0 Å². The number of amides is 1. The Labute approximate surface area is 111 Å². The molecule has 2 N–H and O–H groups in total. The van der Waals surface area contributed by atoms with E-state index in [4.69, 9.17) is 5.11 Å². The van der Waals surface area contributed by atoms with Crippen molar-refractivity contribution in [3.05, 3.63) is 0 Å². The van der Waals surface area contributed by atoms with Gasteiger partial charge >= 0.3 is 5.97 Å². The fourth-order valence-electron chi connectivity index (χ4n) is 2.26. The zero-order valence-corrected chi connectivity index (χ0v) is 11.4. The van der Waals surface area contributed by atoms with E-state index in [1.54, 1.807) is 11.8 Å². The van der Waals surface area contributed by atoms with Crippen molar-refractivity contribution in [2.24, 2.45) is 0 Å². The minimum Gasteiger partial charge on any atom is -0.481 e. The highest BCUT2D eigenvalue weighted by atomic mass is 32.2. The molecule has 1 aliphatic heterocycles. The minimum absolute atomic E-state index is 0.0267. The molecule has 2 aliphatic rings. The third-order valence-corrected chi connectivity index (χ3v) is 4.58. The lowest BCUT2D eigenvalue weighted by Gasteiger charge is -2.38. The van der Waals surface area contributed by atoms with Crippen molar-refractivity contribution in [2.75, 3.05) is 18.1 Å². The topological polar surface area (TPSA) is 69.6 Å². The zero-order valence-electron chi connectivity index (χ0n) is 10.6. The second-order valence-electron chi connectivity index (χ2n) is 5.02. The van der Waals surface area contributed by atoms with Crippen molar-refractivity contribution in [2.45, 2.75) is 44.3 Å². The average molecular weight is 272 g/mol. The van der Waals surface area contributed by atoms with Gasteiger partial charge in [-0.1, -0.05) is 0 Å². The van der Waals surface area contributed by atoms with Gasteiger partial charge in [-0.2, -0.15) is 11.8 Å². The minimum atomic E-state index is -0.790. The van der Waals surface area contributed by atoms with Gasteiger partial charge in [0.25, 0.3) is 0 Å². The van der Waals surface area contributed by atoms with Crippen LogP contribution < -0.4 is 5.32 Å². The van der Waals surface area contributed by atoms with Crippen LogP contribution >= 0.6 is 11.8 Å². The largest absolute Gasteiger partial charge is 0.481 e. The third-order valence-electron chi connectivity index (χ3n) is 3.48. The number of hydrogen-bond acceptors (Lipinski definition) is 4. The van der Waals surface area contributed by atoms with Gasteiger partial charge in [-0.05, 0) is 19.8 Å². The van der Waals surface area contributed by atoms with Crippen LogP contribution in [0.25, 0.3) is 0 Å². The summed E-state index contributed by atoms with van der Waals surface area (Å²) in [6, 6.07) is 0.106. The summed E-state index contributed by atoms with van der Waals surface area (Å²) < 4.78 is 0. The van der Waals surface area contributed by atoms with Crippen LogP contribution in [0.1, 0.15) is 26.2 Å². The van der Waals surface area contributed by atoms with Crippen LogP contribution in [0, 0.1) is 0 Å². The Bertz CT molecular complexity index is 333. The molecular formula is C12H20N2O3S. The molecule has 6 heteroatoms. The molecule has 2 fully saturated rings. The SMILES string of the molecule is CC(C(=O)NC1CC1)N1CCSCC1CC(=O)O. The Morgan fingerprint density at radius 1 is 1.50 bits per heavy atom. The van der Waals surface area contributed by atoms with Gasteiger partial charge in [0, 0.05) is 30.1 Å². The van der Waals surface area contributed by atoms with Crippen molar-refractivity contribution in [1.29, 1.82) is 0 Å². The van der Waals surface area contributed by atoms with Gasteiger partial charge < -0.3 is 10.4 Å². The maximum Gasteiger partial charge on any atom is 0.304 e. The number of thioether (sulfide) groups is 1. The maximum absolute atomic E-state index is 12.0. The molecule has 1 saturated heterocycles. The number of hydrogen-bond donors (Lipinski definition) is 2. The molecule has 18 heavy (non-hydrogen) atoms. The first-order chi connectivity index (χ1) is 8.58.